The molecule has 5 heteroatoms. The van der Waals surface area contributed by atoms with Crippen LogP contribution in [0.2, 0.25) is 0 Å². The number of nitrogens with zero attached hydrogens (tertiary/aromatic N) is 4. The van der Waals surface area contributed by atoms with Crippen LogP contribution >= 0.6 is 0 Å². The van der Waals surface area contributed by atoms with Crippen molar-refractivity contribution in [1.29, 1.82) is 0 Å². The van der Waals surface area contributed by atoms with Gasteiger partial charge in [-0.05, 0) is 38.1 Å². The molecule has 17 heavy (non-hydrogen) atoms. The van der Waals surface area contributed by atoms with E-state index >= 15 is 0 Å². The van der Waals surface area contributed by atoms with E-state index in [2.05, 4.69) is 15.2 Å². The van der Waals surface area contributed by atoms with Gasteiger partial charge < -0.3 is 4.90 Å². The third kappa shape index (κ3) is 2.54. The van der Waals surface area contributed by atoms with Gasteiger partial charge in [-0.2, -0.15) is 0 Å². The zero-order chi connectivity index (χ0) is 11.7. The zero-order valence-corrected chi connectivity index (χ0v) is 9.96. The van der Waals surface area contributed by atoms with Crippen molar-refractivity contribution in [3.63, 3.8) is 0 Å². The van der Waals surface area contributed by atoms with E-state index in [9.17, 15) is 4.79 Å². The highest BCUT2D eigenvalue weighted by molar-refractivity contribution is 5.70. The van der Waals surface area contributed by atoms with Crippen molar-refractivity contribution in [3.8, 4) is 0 Å². The van der Waals surface area contributed by atoms with E-state index in [0.717, 1.165) is 25.2 Å². The first-order chi connectivity index (χ1) is 8.35. The summed E-state index contributed by atoms with van der Waals surface area (Å²) in [7, 11) is 0. The van der Waals surface area contributed by atoms with Crippen molar-refractivity contribution in [1.82, 2.24) is 19.9 Å². The van der Waals surface area contributed by atoms with Crippen molar-refractivity contribution in [2.75, 3.05) is 19.6 Å². The van der Waals surface area contributed by atoms with Crippen LogP contribution < -0.4 is 0 Å². The van der Waals surface area contributed by atoms with Gasteiger partial charge >= 0.3 is 0 Å². The largest absolute Gasteiger partial charge is 0.301 e. The molecule has 1 unspecified atom stereocenters. The normalized spacial score (nSPS) is 26.0. The fourth-order valence-corrected chi connectivity index (χ4v) is 2.60. The van der Waals surface area contributed by atoms with Crippen molar-refractivity contribution in [3.05, 3.63) is 11.9 Å². The number of carbonyl (C=O) groups excluding carboxylic acids is 1. The molecule has 1 aliphatic heterocycles. The maximum absolute atomic E-state index is 10.6. The number of likely N-dealkylation sites (tertiary alicyclic amines) is 1. The first-order valence-electron chi connectivity index (χ1n) is 6.44. The van der Waals surface area contributed by atoms with Gasteiger partial charge in [-0.15, -0.1) is 5.10 Å². The highest BCUT2D eigenvalue weighted by Gasteiger charge is 2.28. The van der Waals surface area contributed by atoms with Gasteiger partial charge in [-0.3, -0.25) is 4.79 Å². The predicted molar refractivity (Wildman–Crippen MR) is 62.8 cm³/mol. The molecular weight excluding hydrogens is 216 g/mol. The van der Waals surface area contributed by atoms with Crippen LogP contribution in [-0.4, -0.2) is 45.8 Å². The van der Waals surface area contributed by atoms with Crippen LogP contribution in [0, 0.1) is 5.92 Å². The van der Waals surface area contributed by atoms with Crippen molar-refractivity contribution in [2.45, 2.75) is 31.7 Å². The van der Waals surface area contributed by atoms with Crippen LogP contribution in [0.25, 0.3) is 0 Å². The van der Waals surface area contributed by atoms with Crippen molar-refractivity contribution >= 4 is 6.29 Å². The molecule has 5 nitrogen and oxygen atoms in total. The quantitative estimate of drug-likeness (QED) is 0.733. The maximum atomic E-state index is 10.6. The van der Waals surface area contributed by atoms with E-state index in [1.54, 1.807) is 6.20 Å². The van der Waals surface area contributed by atoms with E-state index in [-0.39, 0.29) is 0 Å². The van der Waals surface area contributed by atoms with E-state index in [1.807, 2.05) is 4.68 Å². The molecule has 2 fully saturated rings. The van der Waals surface area contributed by atoms with Gasteiger partial charge in [0.1, 0.15) is 5.69 Å². The number of aldehydes is 1. The van der Waals surface area contributed by atoms with Gasteiger partial charge in [0, 0.05) is 13.1 Å². The van der Waals surface area contributed by atoms with Gasteiger partial charge in [0.05, 0.1) is 12.2 Å². The molecular formula is C12H18N4O. The number of piperidine rings is 1. The first-order valence-corrected chi connectivity index (χ1v) is 6.44. The van der Waals surface area contributed by atoms with Crippen LogP contribution in [0.1, 0.15) is 42.2 Å². The Morgan fingerprint density at radius 2 is 2.29 bits per heavy atom. The minimum absolute atomic E-state index is 0.392. The summed E-state index contributed by atoms with van der Waals surface area (Å²) in [6, 6.07) is 0.392. The van der Waals surface area contributed by atoms with E-state index in [4.69, 9.17) is 0 Å². The van der Waals surface area contributed by atoms with Gasteiger partial charge in [0.2, 0.25) is 0 Å². The maximum Gasteiger partial charge on any atom is 0.171 e. The number of hydrogen-bond donors (Lipinski definition) is 0. The standard InChI is InChI=1S/C12H18N4O/c17-9-11-7-16(14-13-11)12-2-1-5-15(8-12)6-10-3-4-10/h7,9-10,12H,1-6,8H2. The first kappa shape index (κ1) is 10.9. The number of carbonyl (C=O) groups is 1. The lowest BCUT2D eigenvalue weighted by Crippen LogP contribution is -2.38. The third-order valence-corrected chi connectivity index (χ3v) is 3.72. The Morgan fingerprint density at radius 1 is 1.41 bits per heavy atom. The second-order valence-electron chi connectivity index (χ2n) is 5.24. The molecule has 0 radical (unpaired) electrons. The van der Waals surface area contributed by atoms with E-state index in [0.29, 0.717) is 11.7 Å². The van der Waals surface area contributed by atoms with Gasteiger partial charge in [0.15, 0.2) is 6.29 Å². The molecule has 1 aromatic rings. The van der Waals surface area contributed by atoms with Crippen LogP contribution in [0.3, 0.4) is 0 Å². The molecule has 92 valence electrons. The molecule has 3 rings (SSSR count). The molecule has 2 heterocycles. The van der Waals surface area contributed by atoms with Crippen molar-refractivity contribution < 1.29 is 4.79 Å². The fraction of sp³-hybridized carbons (Fsp3) is 0.750. The van der Waals surface area contributed by atoms with Crippen molar-refractivity contribution in [2.24, 2.45) is 5.92 Å². The highest BCUT2D eigenvalue weighted by Crippen LogP contribution is 2.31. The van der Waals surface area contributed by atoms with Crippen LogP contribution in [0.5, 0.6) is 0 Å². The molecule has 1 saturated heterocycles. The lowest BCUT2D eigenvalue weighted by molar-refractivity contribution is 0.111. The minimum Gasteiger partial charge on any atom is -0.301 e. The average Bonchev–Trinajstić information content (AvgIpc) is 3.04. The lowest BCUT2D eigenvalue weighted by Gasteiger charge is -2.32. The predicted octanol–water partition coefficient (Wildman–Crippen LogP) is 1.14. The summed E-state index contributed by atoms with van der Waals surface area (Å²) < 4.78 is 1.86. The molecule has 0 bridgehead atoms. The van der Waals surface area contributed by atoms with E-state index in [1.165, 1.54) is 32.4 Å². The third-order valence-electron chi connectivity index (χ3n) is 3.72. The van der Waals surface area contributed by atoms with Crippen LogP contribution in [-0.2, 0) is 0 Å². The summed E-state index contributed by atoms with van der Waals surface area (Å²) in [6.45, 7) is 3.51. The van der Waals surface area contributed by atoms with E-state index < -0.39 is 0 Å². The monoisotopic (exact) mass is 234 g/mol. The van der Waals surface area contributed by atoms with Crippen LogP contribution in [0.4, 0.5) is 0 Å². The Morgan fingerprint density at radius 3 is 3.00 bits per heavy atom. The fourth-order valence-electron chi connectivity index (χ4n) is 2.60. The Kier molecular flexibility index (Phi) is 2.93. The average molecular weight is 234 g/mol. The van der Waals surface area contributed by atoms with Gasteiger partial charge in [0.25, 0.3) is 0 Å². The number of rotatable bonds is 4. The van der Waals surface area contributed by atoms with Gasteiger partial charge in [-0.1, -0.05) is 5.21 Å². The zero-order valence-electron chi connectivity index (χ0n) is 9.96. The Hall–Kier alpha value is -1.23. The second kappa shape index (κ2) is 4.56. The molecule has 0 N–H and O–H groups in total. The number of hydrogen-bond acceptors (Lipinski definition) is 4. The highest BCUT2D eigenvalue weighted by atomic mass is 16.1. The lowest BCUT2D eigenvalue weighted by atomic mass is 10.1. The summed E-state index contributed by atoms with van der Waals surface area (Å²) in [5.41, 5.74) is 0.435. The second-order valence-corrected chi connectivity index (χ2v) is 5.24. The molecule has 0 amide bonds. The molecule has 2 aliphatic rings. The molecule has 1 aliphatic carbocycles. The summed E-state index contributed by atoms with van der Waals surface area (Å²) in [5.74, 6) is 0.940. The molecule has 1 aromatic heterocycles. The summed E-state index contributed by atoms with van der Waals surface area (Å²) >= 11 is 0. The van der Waals surface area contributed by atoms with Crippen LogP contribution in [0.15, 0.2) is 6.20 Å². The molecule has 1 saturated carbocycles. The Bertz CT molecular complexity index is 399. The van der Waals surface area contributed by atoms with Gasteiger partial charge in [-0.25, -0.2) is 4.68 Å². The Labute approximate surface area is 101 Å². The molecule has 1 atom stereocenters. The summed E-state index contributed by atoms with van der Waals surface area (Å²) in [4.78, 5) is 13.1. The number of aromatic nitrogens is 3. The smallest absolute Gasteiger partial charge is 0.171 e. The molecule has 0 aromatic carbocycles. The topological polar surface area (TPSA) is 51.0 Å². The summed E-state index contributed by atoms with van der Waals surface area (Å²) in [5, 5.41) is 7.88. The Balaban J connectivity index is 1.63. The molecule has 0 spiro atoms. The minimum atomic E-state index is 0.392. The SMILES string of the molecule is O=Cc1cn(C2CCCN(CC3CC3)C2)nn1. The summed E-state index contributed by atoms with van der Waals surface area (Å²) in [6.07, 6.45) is 7.68.